The summed E-state index contributed by atoms with van der Waals surface area (Å²) in [6, 6.07) is 26.5. The second-order valence-electron chi connectivity index (χ2n) is 12.5. The average Bonchev–Trinajstić information content (AvgIpc) is 3.71. The summed E-state index contributed by atoms with van der Waals surface area (Å²) in [4.78, 5) is 21.4. The van der Waals surface area contributed by atoms with E-state index in [1.165, 1.54) is 24.3 Å². The van der Waals surface area contributed by atoms with Crippen molar-refractivity contribution in [3.8, 4) is 34.1 Å². The highest BCUT2D eigenvalue weighted by atomic mass is 19.4. The number of alkyl halides is 6. The van der Waals surface area contributed by atoms with Crippen molar-refractivity contribution in [1.29, 1.82) is 0 Å². The molecule has 0 aliphatic carbocycles. The summed E-state index contributed by atoms with van der Waals surface area (Å²) in [5.41, 5.74) is 2.53. The third kappa shape index (κ3) is 11.3. The minimum Gasteiger partial charge on any atom is -0.489 e. The van der Waals surface area contributed by atoms with Crippen LogP contribution in [0.15, 0.2) is 118 Å². The van der Waals surface area contributed by atoms with Gasteiger partial charge in [0.05, 0.1) is 24.0 Å². The van der Waals surface area contributed by atoms with Gasteiger partial charge in [0.1, 0.15) is 47.8 Å². The monoisotopic (exact) mass is 780 g/mol. The topological polar surface area (TPSA) is 119 Å². The van der Waals surface area contributed by atoms with Gasteiger partial charge >= 0.3 is 24.3 Å². The maximum atomic E-state index is 12.7. The van der Waals surface area contributed by atoms with Crippen molar-refractivity contribution in [3.05, 3.63) is 154 Å². The molecule has 0 amide bonds. The molecular weight excluding hydrogens is 746 g/mol. The predicted octanol–water partition coefficient (Wildman–Crippen LogP) is 11.0. The fraction of sp³-hybridized carbons (Fsp3) is 0.190. The van der Waals surface area contributed by atoms with Gasteiger partial charge in [-0.2, -0.15) is 26.3 Å². The van der Waals surface area contributed by atoms with Gasteiger partial charge in [-0.3, -0.25) is 9.59 Å². The molecule has 0 atom stereocenters. The SMILES string of the molecule is Cc1oc(-c2ccc(C(F)(F)F)cc2)cc1COc1ccc(CC(=O)O)cc1.Cc1oc(-c2ccc(C(F)(F)F)cc2)cc1COc1ccc(CC(=O)O)cc1. The zero-order valence-corrected chi connectivity index (χ0v) is 29.8. The molecule has 2 N–H and O–H groups in total. The Balaban J connectivity index is 0.000000214. The van der Waals surface area contributed by atoms with Gasteiger partial charge in [0.25, 0.3) is 0 Å². The van der Waals surface area contributed by atoms with Crippen molar-refractivity contribution in [2.24, 2.45) is 0 Å². The van der Waals surface area contributed by atoms with Gasteiger partial charge in [0.2, 0.25) is 0 Å². The van der Waals surface area contributed by atoms with Crippen LogP contribution in [0.25, 0.3) is 22.6 Å². The van der Waals surface area contributed by atoms with E-state index in [9.17, 15) is 35.9 Å². The Morgan fingerprint density at radius 3 is 1.14 bits per heavy atom. The van der Waals surface area contributed by atoms with Crippen LogP contribution in [0.1, 0.15) is 44.9 Å². The summed E-state index contributed by atoms with van der Waals surface area (Å²) in [6.07, 6.45) is -8.87. The molecule has 0 spiro atoms. The van der Waals surface area contributed by atoms with Crippen molar-refractivity contribution < 1.29 is 64.5 Å². The van der Waals surface area contributed by atoms with Crippen molar-refractivity contribution >= 4 is 11.9 Å². The molecule has 0 radical (unpaired) electrons. The highest BCUT2D eigenvalue weighted by molar-refractivity contribution is 5.70. The quantitative estimate of drug-likeness (QED) is 0.118. The van der Waals surface area contributed by atoms with Crippen molar-refractivity contribution in [2.75, 3.05) is 0 Å². The molecule has 2 heterocycles. The molecule has 14 heteroatoms. The van der Waals surface area contributed by atoms with E-state index in [-0.39, 0.29) is 26.1 Å². The van der Waals surface area contributed by atoms with Crippen LogP contribution in [0, 0.1) is 13.8 Å². The van der Waals surface area contributed by atoms with Crippen LogP contribution in [0.3, 0.4) is 0 Å². The van der Waals surface area contributed by atoms with E-state index in [2.05, 4.69) is 0 Å². The van der Waals surface area contributed by atoms with E-state index in [4.69, 9.17) is 28.5 Å². The molecule has 2 aromatic heterocycles. The lowest BCUT2D eigenvalue weighted by atomic mass is 10.1. The number of aliphatic carboxylic acids is 2. The summed E-state index contributed by atoms with van der Waals surface area (Å²) in [7, 11) is 0. The van der Waals surface area contributed by atoms with E-state index in [0.29, 0.717) is 56.8 Å². The largest absolute Gasteiger partial charge is 0.489 e. The summed E-state index contributed by atoms with van der Waals surface area (Å²) in [5.74, 6) is 1.48. The average molecular weight is 781 g/mol. The van der Waals surface area contributed by atoms with Crippen LogP contribution in [0.2, 0.25) is 0 Å². The van der Waals surface area contributed by atoms with Gasteiger partial charge in [-0.15, -0.1) is 0 Å². The number of halogens is 6. The normalized spacial score (nSPS) is 11.4. The van der Waals surface area contributed by atoms with E-state index in [0.717, 1.165) is 35.4 Å². The van der Waals surface area contributed by atoms with Crippen LogP contribution >= 0.6 is 0 Å². The third-order valence-corrected chi connectivity index (χ3v) is 8.38. The van der Waals surface area contributed by atoms with Crippen LogP contribution in [-0.4, -0.2) is 22.2 Å². The zero-order valence-electron chi connectivity index (χ0n) is 29.8. The lowest BCUT2D eigenvalue weighted by Gasteiger charge is -2.06. The lowest BCUT2D eigenvalue weighted by molar-refractivity contribution is -0.138. The van der Waals surface area contributed by atoms with E-state index < -0.39 is 35.4 Å². The molecule has 0 aliphatic heterocycles. The number of hydrogen-bond acceptors (Lipinski definition) is 6. The number of furan rings is 2. The molecule has 8 nitrogen and oxygen atoms in total. The predicted molar refractivity (Wildman–Crippen MR) is 192 cm³/mol. The number of carboxylic acids is 2. The number of carbonyl (C=O) groups is 2. The molecule has 0 saturated heterocycles. The first-order valence-corrected chi connectivity index (χ1v) is 16.9. The number of hydrogen-bond donors (Lipinski definition) is 2. The first kappa shape index (κ1) is 40.7. The number of ether oxygens (including phenoxy) is 2. The van der Waals surface area contributed by atoms with Crippen molar-refractivity contribution in [1.82, 2.24) is 0 Å². The second-order valence-corrected chi connectivity index (χ2v) is 12.5. The Morgan fingerprint density at radius 2 is 0.857 bits per heavy atom. The van der Waals surface area contributed by atoms with Crippen LogP contribution in [0.5, 0.6) is 11.5 Å². The molecule has 4 aromatic carbocycles. The molecule has 6 rings (SSSR count). The Morgan fingerprint density at radius 1 is 0.536 bits per heavy atom. The smallest absolute Gasteiger partial charge is 0.416 e. The Labute approximate surface area is 316 Å². The highest BCUT2D eigenvalue weighted by Crippen LogP contribution is 2.34. The number of benzene rings is 4. The molecule has 0 unspecified atom stereocenters. The number of rotatable bonds is 12. The molecule has 0 fully saturated rings. The Hall–Kier alpha value is -6.44. The minimum atomic E-state index is -4.38. The Kier molecular flexibility index (Phi) is 12.6. The summed E-state index contributed by atoms with van der Waals surface area (Å²) in [6.45, 7) is 3.94. The van der Waals surface area contributed by atoms with E-state index >= 15 is 0 Å². The summed E-state index contributed by atoms with van der Waals surface area (Å²) >= 11 is 0. The van der Waals surface area contributed by atoms with Gasteiger partial charge < -0.3 is 28.5 Å². The Bertz CT molecular complexity index is 2070. The molecule has 0 saturated carbocycles. The second kappa shape index (κ2) is 17.4. The first-order valence-electron chi connectivity index (χ1n) is 16.9. The summed E-state index contributed by atoms with van der Waals surface area (Å²) in [5, 5.41) is 17.5. The zero-order chi connectivity index (χ0) is 40.6. The van der Waals surface area contributed by atoms with E-state index in [1.807, 2.05) is 0 Å². The number of aryl methyl sites for hydroxylation is 2. The van der Waals surface area contributed by atoms with Gasteiger partial charge in [0.15, 0.2) is 0 Å². The van der Waals surface area contributed by atoms with E-state index in [1.54, 1.807) is 74.5 Å². The van der Waals surface area contributed by atoms with Crippen LogP contribution in [0.4, 0.5) is 26.3 Å². The van der Waals surface area contributed by atoms with Gasteiger partial charge in [-0.05, 0) is 85.6 Å². The molecule has 292 valence electrons. The molecule has 6 aromatic rings. The minimum absolute atomic E-state index is 0.0579. The summed E-state index contributed by atoms with van der Waals surface area (Å²) < 4.78 is 98.7. The molecule has 0 aliphatic rings. The molecule has 0 bridgehead atoms. The standard InChI is InChI=1S/2C21H17F3O4/c2*1-13-16(12-27-18-8-2-14(3-9-18)10-20(25)26)11-19(28-13)15-4-6-17(7-5-15)21(22,23)24/h2*2-9,11H,10,12H2,1H3,(H,25,26). The first-order chi connectivity index (χ1) is 26.4. The van der Waals surface area contributed by atoms with Crippen molar-refractivity contribution in [2.45, 2.75) is 52.3 Å². The van der Waals surface area contributed by atoms with Crippen molar-refractivity contribution in [3.63, 3.8) is 0 Å². The fourth-order valence-corrected chi connectivity index (χ4v) is 5.34. The highest BCUT2D eigenvalue weighted by Gasteiger charge is 2.31. The van der Waals surface area contributed by atoms with Crippen LogP contribution in [-0.2, 0) is 48.0 Å². The maximum Gasteiger partial charge on any atom is 0.416 e. The van der Waals surface area contributed by atoms with Crippen LogP contribution < -0.4 is 9.47 Å². The fourth-order valence-electron chi connectivity index (χ4n) is 5.34. The van der Waals surface area contributed by atoms with Gasteiger partial charge in [0, 0.05) is 22.3 Å². The van der Waals surface area contributed by atoms with Gasteiger partial charge in [-0.1, -0.05) is 48.5 Å². The molecule has 56 heavy (non-hydrogen) atoms. The molecular formula is C42H34F6O8. The third-order valence-electron chi connectivity index (χ3n) is 8.38. The maximum absolute atomic E-state index is 12.7. The van der Waals surface area contributed by atoms with Gasteiger partial charge in [-0.25, -0.2) is 0 Å². The lowest BCUT2D eigenvalue weighted by Crippen LogP contribution is -2.03. The number of carboxylic acid groups (broad SMARTS) is 2.